The number of likely N-dealkylation sites (tertiary alicyclic amines) is 1. The third-order valence-electron chi connectivity index (χ3n) is 5.35. The third-order valence-corrected chi connectivity index (χ3v) is 5.35. The van der Waals surface area contributed by atoms with Crippen LogP contribution in [0.4, 0.5) is 19.1 Å². The Labute approximate surface area is 188 Å². The van der Waals surface area contributed by atoms with Gasteiger partial charge in [-0.05, 0) is 38.7 Å². The van der Waals surface area contributed by atoms with Crippen LogP contribution in [-0.2, 0) is 17.8 Å². The average molecular weight is 469 g/mol. The monoisotopic (exact) mass is 469 g/mol. The normalized spacial score (nSPS) is 18.3. The van der Waals surface area contributed by atoms with Gasteiger partial charge in [-0.3, -0.25) is 4.79 Å². The summed E-state index contributed by atoms with van der Waals surface area (Å²) in [7, 11) is 0. The van der Waals surface area contributed by atoms with Crippen LogP contribution >= 0.6 is 0 Å². The van der Waals surface area contributed by atoms with Crippen LogP contribution in [0.15, 0.2) is 10.5 Å². The molecule has 0 radical (unpaired) electrons. The Morgan fingerprint density at radius 1 is 1.15 bits per heavy atom. The van der Waals surface area contributed by atoms with Gasteiger partial charge in [0.05, 0.1) is 6.54 Å². The lowest BCUT2D eigenvalue weighted by molar-refractivity contribution is -0.192. The van der Waals surface area contributed by atoms with Gasteiger partial charge in [-0.25, -0.2) is 19.7 Å². The first-order valence-corrected chi connectivity index (χ1v) is 10.6. The topological polar surface area (TPSA) is 113 Å². The quantitative estimate of drug-likeness (QED) is 0.714. The fraction of sp³-hybridized carbons (Fsp3) is 0.571. The van der Waals surface area contributed by atoms with Gasteiger partial charge in [-0.1, -0.05) is 6.92 Å². The highest BCUT2D eigenvalue weighted by atomic mass is 19.4. The minimum atomic E-state index is -5.08. The first-order chi connectivity index (χ1) is 15.4. The van der Waals surface area contributed by atoms with Crippen LogP contribution in [0, 0.1) is 19.8 Å². The molecule has 180 valence electrons. The van der Waals surface area contributed by atoms with Crippen LogP contribution in [-0.4, -0.2) is 62.6 Å². The van der Waals surface area contributed by atoms with Crippen LogP contribution in [0.3, 0.4) is 0 Å². The van der Waals surface area contributed by atoms with Gasteiger partial charge >= 0.3 is 18.1 Å². The number of aryl methyl sites for hydroxylation is 2. The van der Waals surface area contributed by atoms with E-state index in [1.807, 2.05) is 24.8 Å². The van der Waals surface area contributed by atoms with Gasteiger partial charge in [0.25, 0.3) is 5.89 Å². The molecule has 2 aromatic rings. The van der Waals surface area contributed by atoms with E-state index in [0.717, 1.165) is 48.9 Å². The van der Waals surface area contributed by atoms with Crippen molar-refractivity contribution < 1.29 is 32.3 Å². The maximum absolute atomic E-state index is 12.7. The molecule has 9 nitrogen and oxygen atoms in total. The number of hydrogen-bond donors (Lipinski definition) is 1. The summed E-state index contributed by atoms with van der Waals surface area (Å²) in [5.41, 5.74) is 2.73. The van der Waals surface area contributed by atoms with Gasteiger partial charge in [0.15, 0.2) is 0 Å². The Morgan fingerprint density at radius 2 is 1.79 bits per heavy atom. The molecule has 2 aromatic heterocycles. The summed E-state index contributed by atoms with van der Waals surface area (Å²) in [5, 5.41) is 7.12. The zero-order chi connectivity index (χ0) is 24.3. The first-order valence-electron chi connectivity index (χ1n) is 10.6. The van der Waals surface area contributed by atoms with Crippen molar-refractivity contribution in [3.05, 3.63) is 34.8 Å². The van der Waals surface area contributed by atoms with E-state index in [0.29, 0.717) is 24.8 Å². The van der Waals surface area contributed by atoms with E-state index in [4.69, 9.17) is 14.3 Å². The highest BCUT2D eigenvalue weighted by molar-refractivity contribution is 5.89. The molecule has 1 amide bonds. The number of piperidine rings is 1. The molecule has 1 N–H and O–H groups in total. The molecule has 0 aromatic carbocycles. The Balaban J connectivity index is 0.000000383. The molecule has 33 heavy (non-hydrogen) atoms. The number of aliphatic carboxylic acids is 1. The fourth-order valence-electron chi connectivity index (χ4n) is 3.82. The Hall–Kier alpha value is -3.18. The molecule has 1 fully saturated rings. The molecule has 4 rings (SSSR count). The van der Waals surface area contributed by atoms with Crippen LogP contribution in [0.25, 0.3) is 0 Å². The first kappa shape index (κ1) is 24.5. The number of rotatable bonds is 2. The van der Waals surface area contributed by atoms with E-state index >= 15 is 0 Å². The zero-order valence-corrected chi connectivity index (χ0v) is 18.6. The van der Waals surface area contributed by atoms with Gasteiger partial charge in [0.1, 0.15) is 11.5 Å². The molecule has 12 heteroatoms. The van der Waals surface area contributed by atoms with Gasteiger partial charge < -0.3 is 19.3 Å². The van der Waals surface area contributed by atoms with E-state index in [-0.39, 0.29) is 11.8 Å². The van der Waals surface area contributed by atoms with Crippen LogP contribution in [0.5, 0.6) is 0 Å². The minimum Gasteiger partial charge on any atom is -0.475 e. The van der Waals surface area contributed by atoms with Gasteiger partial charge in [0, 0.05) is 37.4 Å². The van der Waals surface area contributed by atoms with Crippen molar-refractivity contribution in [2.75, 3.05) is 24.5 Å². The van der Waals surface area contributed by atoms with Crippen molar-refractivity contribution in [3.63, 3.8) is 0 Å². The predicted molar refractivity (Wildman–Crippen MR) is 111 cm³/mol. The molecule has 0 bridgehead atoms. The molecule has 1 unspecified atom stereocenters. The molecular weight excluding hydrogens is 443 g/mol. The summed E-state index contributed by atoms with van der Waals surface area (Å²) < 4.78 is 37.6. The minimum absolute atomic E-state index is 0.0832. The number of carbonyl (C=O) groups is 2. The van der Waals surface area contributed by atoms with Gasteiger partial charge in [-0.2, -0.15) is 13.2 Å². The molecule has 0 spiro atoms. The Morgan fingerprint density at radius 3 is 2.36 bits per heavy atom. The number of anilines is 1. The van der Waals surface area contributed by atoms with Crippen molar-refractivity contribution in [1.82, 2.24) is 19.9 Å². The summed E-state index contributed by atoms with van der Waals surface area (Å²) in [4.78, 5) is 39.2. The maximum atomic E-state index is 12.7. The second-order valence-corrected chi connectivity index (χ2v) is 8.31. The van der Waals surface area contributed by atoms with Crippen molar-refractivity contribution >= 4 is 17.8 Å². The highest BCUT2D eigenvalue weighted by Crippen LogP contribution is 2.25. The van der Waals surface area contributed by atoms with E-state index in [2.05, 4.69) is 26.8 Å². The number of aromatic nitrogens is 3. The van der Waals surface area contributed by atoms with Crippen LogP contribution in [0.1, 0.15) is 53.3 Å². The van der Waals surface area contributed by atoms with Crippen molar-refractivity contribution in [1.29, 1.82) is 0 Å². The Bertz CT molecular complexity index is 1000. The molecular formula is C21H26F3N5O4. The summed E-state index contributed by atoms with van der Waals surface area (Å²) in [5.74, 6) is -0.539. The van der Waals surface area contributed by atoms with E-state index in [1.165, 1.54) is 6.42 Å². The molecule has 2 aliphatic heterocycles. The van der Waals surface area contributed by atoms with E-state index < -0.39 is 12.1 Å². The standard InChI is InChI=1S/C19H25N5O2.C2HF3O2/c1-12-5-4-7-23(10-12)18(25)17-22-15-11-24(8-6-16(15)26-17)19-20-13(2)9-14(3)21-19;3-2(4,5)1(6)7/h9,12H,4-8,10-11H2,1-3H3;(H,6,7). The predicted octanol–water partition coefficient (Wildman–Crippen LogP) is 3.15. The van der Waals surface area contributed by atoms with Crippen molar-refractivity contribution in [2.45, 2.75) is 52.8 Å². The number of oxazole rings is 1. The lowest BCUT2D eigenvalue weighted by Gasteiger charge is -2.29. The smallest absolute Gasteiger partial charge is 0.475 e. The lowest BCUT2D eigenvalue weighted by Crippen LogP contribution is -2.39. The Kier molecular flexibility index (Phi) is 7.23. The molecule has 0 aliphatic carbocycles. The van der Waals surface area contributed by atoms with Gasteiger partial charge in [-0.15, -0.1) is 0 Å². The average Bonchev–Trinajstić information content (AvgIpc) is 3.15. The maximum Gasteiger partial charge on any atom is 0.490 e. The van der Waals surface area contributed by atoms with Gasteiger partial charge in [0.2, 0.25) is 5.95 Å². The number of amides is 1. The van der Waals surface area contributed by atoms with Crippen molar-refractivity contribution in [2.24, 2.45) is 5.92 Å². The summed E-state index contributed by atoms with van der Waals surface area (Å²) >= 11 is 0. The lowest BCUT2D eigenvalue weighted by atomic mass is 10.0. The molecule has 2 aliphatic rings. The molecule has 0 saturated carbocycles. The zero-order valence-electron chi connectivity index (χ0n) is 18.6. The number of fused-ring (bicyclic) bond motifs is 1. The molecule has 1 saturated heterocycles. The van der Waals surface area contributed by atoms with Crippen LogP contribution in [0.2, 0.25) is 0 Å². The fourth-order valence-corrected chi connectivity index (χ4v) is 3.82. The SMILES string of the molecule is Cc1cc(C)nc(N2CCc3oc(C(=O)N4CCCC(C)C4)nc3C2)n1.O=C(O)C(F)(F)F. The summed E-state index contributed by atoms with van der Waals surface area (Å²) in [6, 6.07) is 1.96. The molecule has 1 atom stereocenters. The number of hydrogen-bond acceptors (Lipinski definition) is 7. The molecule has 4 heterocycles. The van der Waals surface area contributed by atoms with Crippen molar-refractivity contribution in [3.8, 4) is 0 Å². The summed E-state index contributed by atoms with van der Waals surface area (Å²) in [6.07, 6.45) is -2.15. The van der Waals surface area contributed by atoms with E-state index in [1.54, 1.807) is 0 Å². The second-order valence-electron chi connectivity index (χ2n) is 8.31. The second kappa shape index (κ2) is 9.75. The number of carboxylic acids is 1. The number of carboxylic acid groups (broad SMARTS) is 1. The highest BCUT2D eigenvalue weighted by Gasteiger charge is 2.38. The number of halogens is 3. The number of alkyl halides is 3. The third kappa shape index (κ3) is 6.20. The number of nitrogens with zero attached hydrogens (tertiary/aromatic N) is 5. The number of carbonyl (C=O) groups excluding carboxylic acids is 1. The summed E-state index contributed by atoms with van der Waals surface area (Å²) in [6.45, 7) is 9.04. The van der Waals surface area contributed by atoms with Crippen LogP contribution < -0.4 is 4.90 Å². The van der Waals surface area contributed by atoms with E-state index in [9.17, 15) is 18.0 Å². The largest absolute Gasteiger partial charge is 0.490 e.